The third-order valence-corrected chi connectivity index (χ3v) is 2.03. The van der Waals surface area contributed by atoms with Gasteiger partial charge in [-0.1, -0.05) is 6.92 Å². The molecule has 1 fully saturated rings. The Hall–Kier alpha value is -0.370. The molecule has 0 aromatic heterocycles. The van der Waals surface area contributed by atoms with E-state index in [0.717, 1.165) is 12.8 Å². The predicted octanol–water partition coefficient (Wildman–Crippen LogP) is 1.39. The molecule has 1 aliphatic carbocycles. The van der Waals surface area contributed by atoms with Gasteiger partial charge in [0.05, 0.1) is 6.10 Å². The average Bonchev–Trinajstić information content (AvgIpc) is 1.85. The van der Waals surface area contributed by atoms with Crippen molar-refractivity contribution in [3.8, 4) is 0 Å². The Morgan fingerprint density at radius 1 is 1.50 bits per heavy atom. The predicted molar refractivity (Wildman–Crippen MR) is 38.8 cm³/mol. The van der Waals surface area contributed by atoms with Gasteiger partial charge in [-0.3, -0.25) is 4.79 Å². The van der Waals surface area contributed by atoms with Crippen molar-refractivity contribution in [3.05, 3.63) is 0 Å². The highest BCUT2D eigenvalue weighted by atomic mass is 16.5. The van der Waals surface area contributed by atoms with E-state index in [9.17, 15) is 4.79 Å². The molecule has 0 aromatic carbocycles. The highest BCUT2D eigenvalue weighted by Gasteiger charge is 2.23. The van der Waals surface area contributed by atoms with E-state index in [-0.39, 0.29) is 6.10 Å². The summed E-state index contributed by atoms with van der Waals surface area (Å²) >= 11 is 0. The first-order valence-electron chi connectivity index (χ1n) is 3.77. The Labute approximate surface area is 61.6 Å². The van der Waals surface area contributed by atoms with Gasteiger partial charge in [0, 0.05) is 20.0 Å². The van der Waals surface area contributed by atoms with Crippen LogP contribution in [0.15, 0.2) is 0 Å². The number of ether oxygens (including phenoxy) is 1. The molecule has 0 aliphatic heterocycles. The molecule has 0 heterocycles. The monoisotopic (exact) mass is 142 g/mol. The van der Waals surface area contributed by atoms with Crippen molar-refractivity contribution in [2.24, 2.45) is 5.92 Å². The van der Waals surface area contributed by atoms with Crippen LogP contribution < -0.4 is 0 Å². The van der Waals surface area contributed by atoms with Crippen LogP contribution in [0.3, 0.4) is 0 Å². The van der Waals surface area contributed by atoms with E-state index in [1.54, 1.807) is 7.11 Å². The lowest BCUT2D eigenvalue weighted by atomic mass is 9.88. The van der Waals surface area contributed by atoms with Crippen LogP contribution in [0.1, 0.15) is 26.2 Å². The lowest BCUT2D eigenvalue weighted by Gasteiger charge is -2.24. The molecule has 2 heteroatoms. The van der Waals surface area contributed by atoms with Gasteiger partial charge in [-0.15, -0.1) is 0 Å². The first kappa shape index (κ1) is 7.73. The molecule has 2 unspecified atom stereocenters. The van der Waals surface area contributed by atoms with Crippen molar-refractivity contribution in [1.29, 1.82) is 0 Å². The fraction of sp³-hybridized carbons (Fsp3) is 0.875. The zero-order valence-electron chi connectivity index (χ0n) is 6.59. The Morgan fingerprint density at radius 2 is 2.20 bits per heavy atom. The molecule has 10 heavy (non-hydrogen) atoms. The number of ketones is 1. The Balaban J connectivity index is 2.42. The maximum atomic E-state index is 11.0. The summed E-state index contributed by atoms with van der Waals surface area (Å²) in [7, 11) is 1.68. The first-order valence-corrected chi connectivity index (χ1v) is 3.77. The quantitative estimate of drug-likeness (QED) is 0.553. The topological polar surface area (TPSA) is 26.3 Å². The standard InChI is InChI=1S/C8H14O2/c1-6-3-7(9)5-8(4-6)10-2/h6,8H,3-5H2,1-2H3. The summed E-state index contributed by atoms with van der Waals surface area (Å²) in [4.78, 5) is 11.0. The molecule has 0 radical (unpaired) electrons. The molecule has 0 aromatic rings. The zero-order valence-corrected chi connectivity index (χ0v) is 6.59. The highest BCUT2D eigenvalue weighted by Crippen LogP contribution is 2.22. The summed E-state index contributed by atoms with van der Waals surface area (Å²) in [6, 6.07) is 0. The van der Waals surface area contributed by atoms with Gasteiger partial charge in [0.1, 0.15) is 5.78 Å². The molecule has 0 N–H and O–H groups in total. The molecule has 1 aliphatic rings. The van der Waals surface area contributed by atoms with Gasteiger partial charge in [0.15, 0.2) is 0 Å². The summed E-state index contributed by atoms with van der Waals surface area (Å²) in [5.74, 6) is 0.872. The van der Waals surface area contributed by atoms with E-state index in [1.807, 2.05) is 0 Å². The number of rotatable bonds is 1. The maximum Gasteiger partial charge on any atom is 0.135 e. The van der Waals surface area contributed by atoms with Crippen molar-refractivity contribution >= 4 is 5.78 Å². The summed E-state index contributed by atoms with van der Waals surface area (Å²) in [6.07, 6.45) is 2.61. The van der Waals surface area contributed by atoms with Gasteiger partial charge in [-0.25, -0.2) is 0 Å². The number of hydrogen-bond acceptors (Lipinski definition) is 2. The molecule has 2 nitrogen and oxygen atoms in total. The van der Waals surface area contributed by atoms with Crippen molar-refractivity contribution in [2.45, 2.75) is 32.3 Å². The summed E-state index contributed by atoms with van der Waals surface area (Å²) in [5, 5.41) is 0. The lowest BCUT2D eigenvalue weighted by Crippen LogP contribution is -2.26. The molecule has 2 atom stereocenters. The molecular weight excluding hydrogens is 128 g/mol. The largest absolute Gasteiger partial charge is 0.381 e. The number of hydrogen-bond donors (Lipinski definition) is 0. The second-order valence-electron chi connectivity index (χ2n) is 3.15. The summed E-state index contributed by atoms with van der Waals surface area (Å²) in [6.45, 7) is 2.10. The molecule has 58 valence electrons. The van der Waals surface area contributed by atoms with Crippen LogP contribution in [0.25, 0.3) is 0 Å². The second-order valence-corrected chi connectivity index (χ2v) is 3.15. The van der Waals surface area contributed by atoms with Crippen LogP contribution in [0.5, 0.6) is 0 Å². The molecule has 0 bridgehead atoms. The van der Waals surface area contributed by atoms with E-state index in [4.69, 9.17) is 4.74 Å². The van der Waals surface area contributed by atoms with Crippen LogP contribution in [-0.4, -0.2) is 19.0 Å². The molecule has 1 rings (SSSR count). The van der Waals surface area contributed by atoms with Gasteiger partial charge >= 0.3 is 0 Å². The van der Waals surface area contributed by atoms with Crippen LogP contribution in [0.2, 0.25) is 0 Å². The maximum absolute atomic E-state index is 11.0. The number of carbonyl (C=O) groups is 1. The molecule has 0 spiro atoms. The first-order chi connectivity index (χ1) is 4.72. The fourth-order valence-corrected chi connectivity index (χ4v) is 1.52. The van der Waals surface area contributed by atoms with Gasteiger partial charge in [-0.05, 0) is 12.3 Å². The Bertz CT molecular complexity index is 131. The Kier molecular flexibility index (Phi) is 2.44. The van der Waals surface area contributed by atoms with Gasteiger partial charge < -0.3 is 4.74 Å². The van der Waals surface area contributed by atoms with Gasteiger partial charge in [-0.2, -0.15) is 0 Å². The van der Waals surface area contributed by atoms with Crippen molar-refractivity contribution in [3.63, 3.8) is 0 Å². The minimum atomic E-state index is 0.191. The molecule has 0 amide bonds. The minimum Gasteiger partial charge on any atom is -0.381 e. The van der Waals surface area contributed by atoms with E-state index in [2.05, 4.69) is 6.92 Å². The number of carbonyl (C=O) groups excluding carboxylic acids is 1. The van der Waals surface area contributed by atoms with E-state index >= 15 is 0 Å². The van der Waals surface area contributed by atoms with Crippen LogP contribution in [0, 0.1) is 5.92 Å². The zero-order chi connectivity index (χ0) is 7.56. The van der Waals surface area contributed by atoms with Crippen molar-refractivity contribution in [2.75, 3.05) is 7.11 Å². The third kappa shape index (κ3) is 1.81. The molecule has 0 saturated heterocycles. The summed E-state index contributed by atoms with van der Waals surface area (Å²) < 4.78 is 5.11. The van der Waals surface area contributed by atoms with E-state index < -0.39 is 0 Å². The normalized spacial score (nSPS) is 34.4. The fourth-order valence-electron chi connectivity index (χ4n) is 1.52. The lowest BCUT2D eigenvalue weighted by molar-refractivity contribution is -0.125. The minimum absolute atomic E-state index is 0.191. The van der Waals surface area contributed by atoms with E-state index in [1.165, 1.54) is 0 Å². The molecule has 1 saturated carbocycles. The van der Waals surface area contributed by atoms with Crippen molar-refractivity contribution < 1.29 is 9.53 Å². The highest BCUT2D eigenvalue weighted by molar-refractivity contribution is 5.79. The smallest absolute Gasteiger partial charge is 0.135 e. The number of methoxy groups -OCH3 is 1. The third-order valence-electron chi connectivity index (χ3n) is 2.03. The van der Waals surface area contributed by atoms with Crippen LogP contribution in [0.4, 0.5) is 0 Å². The second kappa shape index (κ2) is 3.15. The SMILES string of the molecule is COC1CC(=O)CC(C)C1. The number of Topliss-reactive ketones (excluding diaryl/α,β-unsaturated/α-hetero) is 1. The average molecular weight is 142 g/mol. The summed E-state index contributed by atoms with van der Waals surface area (Å²) in [5.41, 5.74) is 0. The van der Waals surface area contributed by atoms with Gasteiger partial charge in [0.2, 0.25) is 0 Å². The van der Waals surface area contributed by atoms with Crippen LogP contribution in [-0.2, 0) is 9.53 Å². The van der Waals surface area contributed by atoms with Crippen molar-refractivity contribution in [1.82, 2.24) is 0 Å². The van der Waals surface area contributed by atoms with Gasteiger partial charge in [0.25, 0.3) is 0 Å². The van der Waals surface area contributed by atoms with Crippen LogP contribution >= 0.6 is 0 Å². The molecular formula is C8H14O2. The van der Waals surface area contributed by atoms with E-state index in [0.29, 0.717) is 18.1 Å². The Morgan fingerprint density at radius 3 is 2.70 bits per heavy atom.